The molecule has 0 bridgehead atoms. The number of para-hydroxylation sites is 1. The first-order chi connectivity index (χ1) is 35.8. The van der Waals surface area contributed by atoms with Gasteiger partial charge in [0.05, 0.1) is 22.1 Å². The molecular weight excluding hydrogens is 936 g/mol. The largest absolute Gasteiger partial charge is 0.376 e. The lowest BCUT2D eigenvalue weighted by atomic mass is 9.44. The summed E-state index contributed by atoms with van der Waals surface area (Å²) in [6, 6.07) is 65.1. The van der Waals surface area contributed by atoms with Gasteiger partial charge in [-0.3, -0.25) is 4.57 Å². The highest BCUT2D eigenvalue weighted by molar-refractivity contribution is 7.26. The van der Waals surface area contributed by atoms with Crippen molar-refractivity contribution in [3.05, 3.63) is 187 Å². The number of rotatable bonds is 3. The highest BCUT2D eigenvalue weighted by atomic mass is 32.1. The first-order valence-corrected chi connectivity index (χ1v) is 28.0. The summed E-state index contributed by atoms with van der Waals surface area (Å²) in [4.78, 5) is 8.35. The van der Waals surface area contributed by atoms with Gasteiger partial charge in [-0.2, -0.15) is 0 Å². The van der Waals surface area contributed by atoms with Gasteiger partial charge in [0, 0.05) is 85.0 Å². The molecular formula is C67H53BN4S2. The van der Waals surface area contributed by atoms with E-state index in [1.165, 1.54) is 131 Å². The van der Waals surface area contributed by atoms with Gasteiger partial charge in [0.15, 0.2) is 0 Å². The first kappa shape index (κ1) is 43.0. The van der Waals surface area contributed by atoms with Crippen LogP contribution in [0.3, 0.4) is 0 Å². The number of anilines is 2. The van der Waals surface area contributed by atoms with Crippen LogP contribution in [0.4, 0.5) is 11.4 Å². The van der Waals surface area contributed by atoms with Gasteiger partial charge in [-0.1, -0.05) is 139 Å². The van der Waals surface area contributed by atoms with Crippen LogP contribution in [0, 0.1) is 0 Å². The van der Waals surface area contributed by atoms with Crippen molar-refractivity contribution in [3.8, 4) is 33.9 Å². The molecule has 0 atom stereocenters. The molecule has 16 rings (SSSR count). The summed E-state index contributed by atoms with van der Waals surface area (Å²) in [5.41, 5.74) is 20.2. The van der Waals surface area contributed by atoms with Crippen LogP contribution in [-0.4, -0.2) is 21.0 Å². The van der Waals surface area contributed by atoms with E-state index in [9.17, 15) is 0 Å². The molecule has 1 aliphatic carbocycles. The SMILES string of the molecule is CC(C)(C)c1ccc(N2B3c4cc5nc(-c6ccccc6)n(-c6ccccc6)c5cc4-n4c5cc6c(cc5c5ccc(c3c54)-c3cc4sc5cc7c(cc5c4cc32)C(C)(C)CCC7(C)C)sc2ccccc26)cc1. The van der Waals surface area contributed by atoms with Gasteiger partial charge in [0.25, 0.3) is 0 Å². The Kier molecular flexibility index (Phi) is 8.51. The molecule has 0 fully saturated rings. The lowest BCUT2D eigenvalue weighted by Gasteiger charge is -2.42. The molecule has 4 nitrogen and oxygen atoms in total. The van der Waals surface area contributed by atoms with E-state index >= 15 is 0 Å². The predicted molar refractivity (Wildman–Crippen MR) is 320 cm³/mol. The molecule has 0 amide bonds. The molecule has 4 aromatic heterocycles. The van der Waals surface area contributed by atoms with Gasteiger partial charge in [-0.05, 0) is 141 Å². The highest BCUT2D eigenvalue weighted by Crippen LogP contribution is 2.53. The molecule has 3 aliphatic rings. The van der Waals surface area contributed by atoms with Crippen molar-refractivity contribution in [1.82, 2.24) is 14.1 Å². The molecule has 9 aromatic carbocycles. The van der Waals surface area contributed by atoms with Crippen LogP contribution in [0.15, 0.2) is 170 Å². The minimum Gasteiger partial charge on any atom is -0.376 e. The fourth-order valence-corrected chi connectivity index (χ4v) is 15.8. The van der Waals surface area contributed by atoms with Gasteiger partial charge in [-0.25, -0.2) is 4.98 Å². The maximum absolute atomic E-state index is 5.64. The molecule has 7 heteroatoms. The van der Waals surface area contributed by atoms with Crippen molar-refractivity contribution < 1.29 is 0 Å². The number of fused-ring (bicyclic) bond motifs is 16. The number of aromatic nitrogens is 3. The Morgan fingerprint density at radius 1 is 0.500 bits per heavy atom. The average Bonchev–Trinajstić information content (AvgIpc) is 4.29. The Labute approximate surface area is 439 Å². The van der Waals surface area contributed by atoms with Crippen LogP contribution in [0.5, 0.6) is 0 Å². The number of hydrogen-bond acceptors (Lipinski definition) is 4. The quantitative estimate of drug-likeness (QED) is 0.165. The van der Waals surface area contributed by atoms with E-state index in [1.54, 1.807) is 0 Å². The zero-order valence-electron chi connectivity index (χ0n) is 42.8. The number of hydrogen-bond donors (Lipinski definition) is 0. The maximum Gasteiger partial charge on any atom is 0.333 e. The Balaban J connectivity index is 1.06. The molecule has 0 unspecified atom stereocenters. The standard InChI is InChI=1S/C67H53BN4S2/c1-65(2,3)39-22-24-41(25-23-39)72-55-32-49-47-30-50-51(67(6,7)29-28-66(50,4)5)35-61(47)74-60(49)33-45(55)43-26-27-44-46-34-59-48(42-20-14-15-21-58(42)73-59)31-54(46)71-56-37-57-53(36-52(56)68(72)62(43)63(44)71)69-64(38-16-10-8-11-17-38)70(57)40-18-12-9-13-19-40/h8-27,30-37H,28-29H2,1-7H3. The summed E-state index contributed by atoms with van der Waals surface area (Å²) in [5, 5.41) is 7.92. The van der Waals surface area contributed by atoms with Gasteiger partial charge >= 0.3 is 6.85 Å². The molecule has 2 aliphatic heterocycles. The van der Waals surface area contributed by atoms with Crippen molar-refractivity contribution in [2.45, 2.75) is 77.6 Å². The van der Waals surface area contributed by atoms with E-state index in [0.29, 0.717) is 0 Å². The van der Waals surface area contributed by atoms with E-state index in [2.05, 4.69) is 232 Å². The summed E-state index contributed by atoms with van der Waals surface area (Å²) >= 11 is 3.87. The number of benzene rings is 9. The predicted octanol–water partition coefficient (Wildman–Crippen LogP) is 17.4. The zero-order valence-corrected chi connectivity index (χ0v) is 44.4. The molecule has 0 saturated heterocycles. The Bertz CT molecular complexity index is 4580. The van der Waals surface area contributed by atoms with Crippen molar-refractivity contribution >= 4 is 125 Å². The van der Waals surface area contributed by atoms with E-state index in [4.69, 9.17) is 4.98 Å². The van der Waals surface area contributed by atoms with Crippen molar-refractivity contribution in [2.24, 2.45) is 0 Å². The smallest absolute Gasteiger partial charge is 0.333 e. The minimum absolute atomic E-state index is 0.0114. The average molecular weight is 989 g/mol. The van der Waals surface area contributed by atoms with Crippen molar-refractivity contribution in [1.29, 1.82) is 0 Å². The van der Waals surface area contributed by atoms with E-state index in [1.807, 2.05) is 22.7 Å². The Morgan fingerprint density at radius 2 is 1.16 bits per heavy atom. The van der Waals surface area contributed by atoms with Crippen LogP contribution in [0.2, 0.25) is 0 Å². The molecule has 0 N–H and O–H groups in total. The van der Waals surface area contributed by atoms with Crippen LogP contribution in [-0.2, 0) is 16.2 Å². The third-order valence-electron chi connectivity index (χ3n) is 17.5. The third-order valence-corrected chi connectivity index (χ3v) is 19.8. The second kappa shape index (κ2) is 14.7. The lowest BCUT2D eigenvalue weighted by Crippen LogP contribution is -2.60. The van der Waals surface area contributed by atoms with Gasteiger partial charge < -0.3 is 9.38 Å². The number of thiophene rings is 2. The summed E-state index contributed by atoms with van der Waals surface area (Å²) in [6.07, 6.45) is 2.39. The topological polar surface area (TPSA) is 26.0 Å². The summed E-state index contributed by atoms with van der Waals surface area (Å²) in [5.74, 6) is 0.936. The summed E-state index contributed by atoms with van der Waals surface area (Å²) in [6.45, 7) is 16.6. The van der Waals surface area contributed by atoms with E-state index in [-0.39, 0.29) is 23.1 Å². The molecule has 356 valence electrons. The summed E-state index contributed by atoms with van der Waals surface area (Å²) in [7, 11) is 0. The second-order valence-corrected chi connectivity index (χ2v) is 26.0. The molecule has 0 saturated carbocycles. The van der Waals surface area contributed by atoms with Gasteiger partial charge in [-0.15, -0.1) is 22.7 Å². The number of imidazole rings is 1. The Hall–Kier alpha value is -7.45. The van der Waals surface area contributed by atoms with E-state index < -0.39 is 0 Å². The fraction of sp³-hybridized carbons (Fsp3) is 0.179. The summed E-state index contributed by atoms with van der Waals surface area (Å²) < 4.78 is 10.4. The number of nitrogens with zero attached hydrogens (tertiary/aromatic N) is 4. The fourth-order valence-electron chi connectivity index (χ4n) is 13.5. The highest BCUT2D eigenvalue weighted by Gasteiger charge is 2.45. The second-order valence-electron chi connectivity index (χ2n) is 23.8. The minimum atomic E-state index is -0.156. The molecule has 6 heterocycles. The lowest BCUT2D eigenvalue weighted by molar-refractivity contribution is 0.332. The van der Waals surface area contributed by atoms with Crippen LogP contribution < -0.4 is 15.7 Å². The monoisotopic (exact) mass is 988 g/mol. The van der Waals surface area contributed by atoms with Crippen molar-refractivity contribution in [2.75, 3.05) is 4.81 Å². The zero-order chi connectivity index (χ0) is 49.7. The molecule has 74 heavy (non-hydrogen) atoms. The Morgan fingerprint density at radius 3 is 1.93 bits per heavy atom. The van der Waals surface area contributed by atoms with Crippen molar-refractivity contribution in [3.63, 3.8) is 0 Å². The maximum atomic E-state index is 5.64. The third kappa shape index (κ3) is 5.83. The normalized spacial score (nSPS) is 15.6. The van der Waals surface area contributed by atoms with E-state index in [0.717, 1.165) is 28.1 Å². The van der Waals surface area contributed by atoms with Gasteiger partial charge in [0.2, 0.25) is 0 Å². The molecule has 0 spiro atoms. The van der Waals surface area contributed by atoms with Crippen LogP contribution in [0.1, 0.15) is 78.0 Å². The van der Waals surface area contributed by atoms with Crippen LogP contribution >= 0.6 is 22.7 Å². The first-order valence-electron chi connectivity index (χ1n) is 26.3. The van der Waals surface area contributed by atoms with Gasteiger partial charge in [0.1, 0.15) is 5.82 Å². The molecule has 13 aromatic rings. The van der Waals surface area contributed by atoms with Crippen LogP contribution in [0.25, 0.3) is 107 Å². The molecule has 0 radical (unpaired) electrons.